The fourth-order valence-electron chi connectivity index (χ4n) is 2.81. The number of nitrogens with one attached hydrogen (secondary N) is 1. The van der Waals surface area contributed by atoms with Gasteiger partial charge in [0.1, 0.15) is 5.75 Å². The van der Waals surface area contributed by atoms with Crippen LogP contribution in [0.15, 0.2) is 18.2 Å². The molecular formula is C16H21N3O2S. The fourth-order valence-corrected chi connectivity index (χ4v) is 3.85. The van der Waals surface area contributed by atoms with Crippen LogP contribution in [0.2, 0.25) is 0 Å². The molecule has 1 aliphatic heterocycles. The van der Waals surface area contributed by atoms with Gasteiger partial charge in [0.2, 0.25) is 5.91 Å². The Morgan fingerprint density at radius 2 is 2.23 bits per heavy atom. The SMILES string of the molecule is CCNC(=O)C1CCN(c2nc3ccc(OC)cc3s2)CC1. The Hall–Kier alpha value is -1.82. The Bertz CT molecular complexity index is 662. The summed E-state index contributed by atoms with van der Waals surface area (Å²) in [6.45, 7) is 4.44. The Morgan fingerprint density at radius 1 is 1.45 bits per heavy atom. The third kappa shape index (κ3) is 3.02. The van der Waals surface area contributed by atoms with E-state index >= 15 is 0 Å². The molecule has 0 atom stereocenters. The minimum Gasteiger partial charge on any atom is -0.497 e. The maximum atomic E-state index is 11.9. The lowest BCUT2D eigenvalue weighted by molar-refractivity contribution is -0.125. The molecule has 1 aromatic carbocycles. The third-order valence-corrected chi connectivity index (χ3v) is 5.15. The summed E-state index contributed by atoms with van der Waals surface area (Å²) in [5.41, 5.74) is 1.01. The minimum absolute atomic E-state index is 0.144. The van der Waals surface area contributed by atoms with Crippen molar-refractivity contribution in [2.75, 3.05) is 31.6 Å². The molecule has 3 rings (SSSR count). The highest BCUT2D eigenvalue weighted by molar-refractivity contribution is 7.22. The monoisotopic (exact) mass is 319 g/mol. The van der Waals surface area contributed by atoms with Crippen LogP contribution in [-0.2, 0) is 4.79 Å². The van der Waals surface area contributed by atoms with Crippen LogP contribution in [0.5, 0.6) is 5.75 Å². The first-order valence-corrected chi connectivity index (χ1v) is 8.50. The van der Waals surface area contributed by atoms with Gasteiger partial charge in [0.05, 0.1) is 17.3 Å². The molecule has 0 bridgehead atoms. The summed E-state index contributed by atoms with van der Waals surface area (Å²) >= 11 is 1.69. The highest BCUT2D eigenvalue weighted by atomic mass is 32.1. The zero-order valence-corrected chi connectivity index (χ0v) is 13.8. The molecule has 0 spiro atoms. The van der Waals surface area contributed by atoms with Gasteiger partial charge in [-0.2, -0.15) is 0 Å². The number of carbonyl (C=O) groups excluding carboxylic acids is 1. The third-order valence-electron chi connectivity index (χ3n) is 4.07. The van der Waals surface area contributed by atoms with Crippen molar-refractivity contribution in [1.82, 2.24) is 10.3 Å². The van der Waals surface area contributed by atoms with Gasteiger partial charge in [-0.15, -0.1) is 0 Å². The Morgan fingerprint density at radius 3 is 2.91 bits per heavy atom. The van der Waals surface area contributed by atoms with E-state index in [-0.39, 0.29) is 11.8 Å². The molecule has 118 valence electrons. The van der Waals surface area contributed by atoms with E-state index in [1.165, 1.54) is 0 Å². The molecule has 1 fully saturated rings. The van der Waals surface area contributed by atoms with Crippen molar-refractivity contribution in [1.29, 1.82) is 0 Å². The number of aromatic nitrogens is 1. The normalized spacial score (nSPS) is 16.0. The number of thiazole rings is 1. The van der Waals surface area contributed by atoms with Crippen LogP contribution < -0.4 is 15.0 Å². The number of fused-ring (bicyclic) bond motifs is 1. The van der Waals surface area contributed by atoms with Gasteiger partial charge in [-0.25, -0.2) is 4.98 Å². The second-order valence-electron chi connectivity index (χ2n) is 5.49. The van der Waals surface area contributed by atoms with Crippen molar-refractivity contribution in [2.24, 2.45) is 5.92 Å². The van der Waals surface area contributed by atoms with Gasteiger partial charge in [0.25, 0.3) is 0 Å². The standard InChI is InChI=1S/C16H21N3O2S/c1-3-17-15(20)11-6-8-19(9-7-11)16-18-13-5-4-12(21-2)10-14(13)22-16/h4-5,10-11H,3,6-9H2,1-2H3,(H,17,20). The Labute approximate surface area is 134 Å². The zero-order chi connectivity index (χ0) is 15.5. The predicted octanol–water partition coefficient (Wildman–Crippen LogP) is 2.66. The van der Waals surface area contributed by atoms with Crippen molar-refractivity contribution < 1.29 is 9.53 Å². The van der Waals surface area contributed by atoms with E-state index < -0.39 is 0 Å². The zero-order valence-electron chi connectivity index (χ0n) is 13.0. The van der Waals surface area contributed by atoms with E-state index in [4.69, 9.17) is 9.72 Å². The number of hydrogen-bond donors (Lipinski definition) is 1. The van der Waals surface area contributed by atoms with E-state index in [1.54, 1.807) is 18.4 Å². The molecule has 5 nitrogen and oxygen atoms in total. The maximum Gasteiger partial charge on any atom is 0.223 e. The van der Waals surface area contributed by atoms with Gasteiger partial charge in [-0.3, -0.25) is 4.79 Å². The van der Waals surface area contributed by atoms with Gasteiger partial charge in [0.15, 0.2) is 5.13 Å². The van der Waals surface area contributed by atoms with Crippen LogP contribution in [0.25, 0.3) is 10.2 Å². The smallest absolute Gasteiger partial charge is 0.223 e. The number of piperidine rings is 1. The molecule has 0 aliphatic carbocycles. The van der Waals surface area contributed by atoms with Crippen molar-refractivity contribution in [3.05, 3.63) is 18.2 Å². The molecule has 0 saturated carbocycles. The summed E-state index contributed by atoms with van der Waals surface area (Å²) in [4.78, 5) is 18.9. The number of anilines is 1. The predicted molar refractivity (Wildman–Crippen MR) is 89.8 cm³/mol. The fraction of sp³-hybridized carbons (Fsp3) is 0.500. The van der Waals surface area contributed by atoms with E-state index in [9.17, 15) is 4.79 Å². The molecule has 0 radical (unpaired) electrons. The highest BCUT2D eigenvalue weighted by Gasteiger charge is 2.26. The number of amides is 1. The van der Waals surface area contributed by atoms with Crippen LogP contribution in [0.3, 0.4) is 0 Å². The Balaban J connectivity index is 1.69. The quantitative estimate of drug-likeness (QED) is 0.941. The topological polar surface area (TPSA) is 54.5 Å². The van der Waals surface area contributed by atoms with Gasteiger partial charge in [-0.1, -0.05) is 11.3 Å². The van der Waals surface area contributed by atoms with E-state index in [1.807, 2.05) is 25.1 Å². The molecule has 1 amide bonds. The number of ether oxygens (including phenoxy) is 1. The average molecular weight is 319 g/mol. The van der Waals surface area contributed by atoms with Crippen LogP contribution >= 0.6 is 11.3 Å². The van der Waals surface area contributed by atoms with Crippen LogP contribution in [-0.4, -0.2) is 37.6 Å². The minimum atomic E-state index is 0.144. The first kappa shape index (κ1) is 15.1. The van der Waals surface area contributed by atoms with Crippen LogP contribution in [0.1, 0.15) is 19.8 Å². The number of rotatable bonds is 4. The van der Waals surface area contributed by atoms with Crippen molar-refractivity contribution in [3.8, 4) is 5.75 Å². The molecule has 1 N–H and O–H groups in total. The largest absolute Gasteiger partial charge is 0.497 e. The average Bonchev–Trinajstić information content (AvgIpc) is 2.98. The molecular weight excluding hydrogens is 298 g/mol. The summed E-state index contributed by atoms with van der Waals surface area (Å²) in [5, 5.41) is 3.96. The second kappa shape index (κ2) is 6.52. The lowest BCUT2D eigenvalue weighted by atomic mass is 9.96. The number of nitrogens with zero attached hydrogens (tertiary/aromatic N) is 2. The number of carbonyl (C=O) groups is 1. The molecule has 2 aromatic rings. The lowest BCUT2D eigenvalue weighted by Crippen LogP contribution is -2.40. The van der Waals surface area contributed by atoms with Gasteiger partial charge >= 0.3 is 0 Å². The molecule has 22 heavy (non-hydrogen) atoms. The second-order valence-corrected chi connectivity index (χ2v) is 6.50. The first-order valence-electron chi connectivity index (χ1n) is 7.68. The molecule has 1 aliphatic rings. The van der Waals surface area contributed by atoms with Crippen molar-refractivity contribution in [2.45, 2.75) is 19.8 Å². The maximum absolute atomic E-state index is 11.9. The van der Waals surface area contributed by atoms with Crippen molar-refractivity contribution in [3.63, 3.8) is 0 Å². The van der Waals surface area contributed by atoms with Crippen LogP contribution in [0, 0.1) is 5.92 Å². The lowest BCUT2D eigenvalue weighted by Gasteiger charge is -2.30. The van der Waals surface area contributed by atoms with Gasteiger partial charge < -0.3 is 15.0 Å². The van der Waals surface area contributed by atoms with E-state index in [0.29, 0.717) is 6.54 Å². The summed E-state index contributed by atoms with van der Waals surface area (Å²) < 4.78 is 6.40. The molecule has 1 aromatic heterocycles. The number of benzene rings is 1. The molecule has 2 heterocycles. The van der Waals surface area contributed by atoms with Crippen molar-refractivity contribution >= 4 is 32.6 Å². The molecule has 6 heteroatoms. The molecule has 1 saturated heterocycles. The summed E-state index contributed by atoms with van der Waals surface area (Å²) in [7, 11) is 1.68. The first-order chi connectivity index (χ1) is 10.7. The Kier molecular flexibility index (Phi) is 4.47. The van der Waals surface area contributed by atoms with Gasteiger partial charge in [-0.05, 0) is 38.0 Å². The number of methoxy groups -OCH3 is 1. The summed E-state index contributed by atoms with van der Waals surface area (Å²) in [6, 6.07) is 5.96. The highest BCUT2D eigenvalue weighted by Crippen LogP contribution is 2.33. The summed E-state index contributed by atoms with van der Waals surface area (Å²) in [6.07, 6.45) is 1.79. The number of hydrogen-bond acceptors (Lipinski definition) is 5. The van der Waals surface area contributed by atoms with Gasteiger partial charge in [0, 0.05) is 25.6 Å². The molecule has 0 unspecified atom stereocenters. The van der Waals surface area contributed by atoms with Crippen LogP contribution in [0.4, 0.5) is 5.13 Å². The van der Waals surface area contributed by atoms with E-state index in [0.717, 1.165) is 47.0 Å². The summed E-state index contributed by atoms with van der Waals surface area (Å²) in [5.74, 6) is 1.19. The van der Waals surface area contributed by atoms with E-state index in [2.05, 4.69) is 10.2 Å².